The number of hydrogen-bond donors (Lipinski definition) is 0. The van der Waals surface area contributed by atoms with Gasteiger partial charge in [-0.2, -0.15) is 0 Å². The minimum atomic E-state index is 0.346. The van der Waals surface area contributed by atoms with Crippen LogP contribution in [0.4, 0.5) is 0 Å². The summed E-state index contributed by atoms with van der Waals surface area (Å²) in [7, 11) is 1.62. The lowest BCUT2D eigenvalue weighted by Gasteiger charge is -2.30. The van der Waals surface area contributed by atoms with E-state index < -0.39 is 0 Å². The van der Waals surface area contributed by atoms with Crippen molar-refractivity contribution in [3.05, 3.63) is 58.6 Å². The summed E-state index contributed by atoms with van der Waals surface area (Å²) in [6, 6.07) is 13.4. The molecule has 0 radical (unpaired) electrons. The van der Waals surface area contributed by atoms with E-state index in [1.807, 2.05) is 42.5 Å². The van der Waals surface area contributed by atoms with Crippen molar-refractivity contribution in [2.24, 2.45) is 0 Å². The molecular formula is C19H20ClNO3S. The summed E-state index contributed by atoms with van der Waals surface area (Å²) in [5.74, 6) is 1.29. The summed E-state index contributed by atoms with van der Waals surface area (Å²) in [5.41, 5.74) is 1.77. The molecular weight excluding hydrogens is 358 g/mol. The van der Waals surface area contributed by atoms with Gasteiger partial charge in [-0.1, -0.05) is 48.1 Å². The van der Waals surface area contributed by atoms with Crippen molar-refractivity contribution in [3.8, 4) is 11.5 Å². The molecule has 1 aliphatic heterocycles. The third-order valence-corrected chi connectivity index (χ3v) is 4.90. The summed E-state index contributed by atoms with van der Waals surface area (Å²) < 4.78 is 17.0. The van der Waals surface area contributed by atoms with Crippen molar-refractivity contribution in [1.29, 1.82) is 0 Å². The smallest absolute Gasteiger partial charge is 0.171 e. The van der Waals surface area contributed by atoms with E-state index in [-0.39, 0.29) is 0 Å². The molecule has 2 aromatic rings. The number of benzene rings is 2. The number of nitrogens with zero attached hydrogens (tertiary/aromatic N) is 1. The molecule has 2 aromatic carbocycles. The van der Waals surface area contributed by atoms with E-state index in [4.69, 9.17) is 38.0 Å². The van der Waals surface area contributed by atoms with E-state index in [2.05, 4.69) is 4.90 Å². The maximum Gasteiger partial charge on any atom is 0.171 e. The Morgan fingerprint density at radius 3 is 2.64 bits per heavy atom. The maximum atomic E-state index is 6.23. The van der Waals surface area contributed by atoms with Crippen molar-refractivity contribution in [2.45, 2.75) is 6.61 Å². The third-order valence-electron chi connectivity index (χ3n) is 4.06. The number of rotatable bonds is 5. The van der Waals surface area contributed by atoms with Crippen LogP contribution in [0.1, 0.15) is 11.1 Å². The molecule has 1 fully saturated rings. The van der Waals surface area contributed by atoms with Crippen molar-refractivity contribution in [3.63, 3.8) is 0 Å². The number of morpholine rings is 1. The van der Waals surface area contributed by atoms with Crippen molar-refractivity contribution >= 4 is 28.8 Å². The monoisotopic (exact) mass is 377 g/mol. The zero-order valence-electron chi connectivity index (χ0n) is 14.0. The largest absolute Gasteiger partial charge is 0.493 e. The Labute approximate surface area is 158 Å². The number of thiocarbonyl (C=S) groups is 1. The van der Waals surface area contributed by atoms with E-state index in [0.29, 0.717) is 36.3 Å². The number of hydrogen-bond acceptors (Lipinski definition) is 4. The molecule has 0 bridgehead atoms. The minimum absolute atomic E-state index is 0.346. The maximum absolute atomic E-state index is 6.23. The van der Waals surface area contributed by atoms with Crippen LogP contribution >= 0.6 is 23.8 Å². The van der Waals surface area contributed by atoms with E-state index >= 15 is 0 Å². The van der Waals surface area contributed by atoms with E-state index in [1.54, 1.807) is 7.11 Å². The average Bonchev–Trinajstić information content (AvgIpc) is 2.67. The molecule has 132 valence electrons. The van der Waals surface area contributed by atoms with Crippen LogP contribution in [0.25, 0.3) is 0 Å². The number of para-hydroxylation sites is 1. The molecule has 1 aliphatic rings. The number of methoxy groups -OCH3 is 1. The van der Waals surface area contributed by atoms with Crippen molar-refractivity contribution in [2.75, 3.05) is 33.4 Å². The summed E-state index contributed by atoms with van der Waals surface area (Å²) in [4.78, 5) is 2.88. The molecule has 0 aromatic heterocycles. The summed E-state index contributed by atoms with van der Waals surface area (Å²) >= 11 is 11.9. The number of halogens is 1. The highest BCUT2D eigenvalue weighted by Gasteiger charge is 2.21. The Kier molecular flexibility index (Phi) is 6.13. The van der Waals surface area contributed by atoms with Crippen LogP contribution in [0.2, 0.25) is 5.02 Å². The first-order chi connectivity index (χ1) is 12.2. The lowest BCUT2D eigenvalue weighted by atomic mass is 10.1. The van der Waals surface area contributed by atoms with Gasteiger partial charge >= 0.3 is 0 Å². The van der Waals surface area contributed by atoms with Crippen molar-refractivity contribution < 1.29 is 14.2 Å². The second-order valence-corrected chi connectivity index (χ2v) is 6.42. The zero-order valence-corrected chi connectivity index (χ0v) is 15.6. The standard InChI is InChI=1S/C19H20ClNO3S/c1-22-17-8-4-6-15(19(25)21-9-11-23-12-10-21)18(17)24-13-14-5-2-3-7-16(14)20/h2-8H,9-13H2,1H3. The lowest BCUT2D eigenvalue weighted by Crippen LogP contribution is -2.40. The van der Waals surface area contributed by atoms with Gasteiger partial charge in [0.1, 0.15) is 11.6 Å². The highest BCUT2D eigenvalue weighted by atomic mass is 35.5. The van der Waals surface area contributed by atoms with Crippen LogP contribution in [0.15, 0.2) is 42.5 Å². The fourth-order valence-corrected chi connectivity index (χ4v) is 3.23. The second-order valence-electron chi connectivity index (χ2n) is 5.62. The molecule has 25 heavy (non-hydrogen) atoms. The van der Waals surface area contributed by atoms with Crippen LogP contribution in [0, 0.1) is 0 Å². The average molecular weight is 378 g/mol. The molecule has 0 aliphatic carbocycles. The minimum Gasteiger partial charge on any atom is -0.493 e. The third kappa shape index (κ3) is 4.24. The summed E-state index contributed by atoms with van der Waals surface area (Å²) in [5, 5.41) is 0.676. The van der Waals surface area contributed by atoms with Gasteiger partial charge in [0.15, 0.2) is 11.5 Å². The fourth-order valence-electron chi connectivity index (χ4n) is 2.70. The molecule has 0 atom stereocenters. The zero-order chi connectivity index (χ0) is 17.6. The molecule has 1 saturated heterocycles. The highest BCUT2D eigenvalue weighted by molar-refractivity contribution is 7.80. The second kappa shape index (κ2) is 8.52. The Balaban J connectivity index is 1.86. The molecule has 0 unspecified atom stereocenters. The molecule has 6 heteroatoms. The van der Waals surface area contributed by atoms with E-state index in [9.17, 15) is 0 Å². The Morgan fingerprint density at radius 2 is 1.92 bits per heavy atom. The molecule has 0 amide bonds. The predicted octanol–water partition coefficient (Wildman–Crippen LogP) is 3.94. The van der Waals surface area contributed by atoms with Gasteiger partial charge in [-0.3, -0.25) is 0 Å². The van der Waals surface area contributed by atoms with E-state index in [0.717, 1.165) is 29.2 Å². The molecule has 0 N–H and O–H groups in total. The highest BCUT2D eigenvalue weighted by Crippen LogP contribution is 2.33. The van der Waals surface area contributed by atoms with E-state index in [1.165, 1.54) is 0 Å². The first-order valence-electron chi connectivity index (χ1n) is 8.11. The van der Waals surface area contributed by atoms with Gasteiger partial charge in [0.25, 0.3) is 0 Å². The summed E-state index contributed by atoms with van der Waals surface area (Å²) in [6.45, 7) is 3.26. The lowest BCUT2D eigenvalue weighted by molar-refractivity contribution is 0.0692. The van der Waals surface area contributed by atoms with Crippen LogP contribution in [-0.4, -0.2) is 43.3 Å². The van der Waals surface area contributed by atoms with Crippen molar-refractivity contribution in [1.82, 2.24) is 4.90 Å². The van der Waals surface area contributed by atoms with Gasteiger partial charge in [0.2, 0.25) is 0 Å². The molecule has 0 saturated carbocycles. The summed E-state index contributed by atoms with van der Waals surface area (Å²) in [6.07, 6.45) is 0. The molecule has 0 spiro atoms. The van der Waals surface area contributed by atoms with Crippen LogP contribution in [0.3, 0.4) is 0 Å². The van der Waals surface area contributed by atoms with Crippen LogP contribution < -0.4 is 9.47 Å². The van der Waals surface area contributed by atoms with Gasteiger partial charge in [-0.25, -0.2) is 0 Å². The predicted molar refractivity (Wildman–Crippen MR) is 103 cm³/mol. The van der Waals surface area contributed by atoms with Gasteiger partial charge in [0.05, 0.1) is 25.9 Å². The SMILES string of the molecule is COc1cccc(C(=S)N2CCOCC2)c1OCc1ccccc1Cl. The Morgan fingerprint density at radius 1 is 1.16 bits per heavy atom. The van der Waals surface area contributed by atoms with Gasteiger partial charge < -0.3 is 19.1 Å². The fraction of sp³-hybridized carbons (Fsp3) is 0.316. The first kappa shape index (κ1) is 18.0. The Hall–Kier alpha value is -1.82. The van der Waals surface area contributed by atoms with Gasteiger partial charge in [-0.15, -0.1) is 0 Å². The molecule has 1 heterocycles. The van der Waals surface area contributed by atoms with Crippen LogP contribution in [-0.2, 0) is 11.3 Å². The van der Waals surface area contributed by atoms with Gasteiger partial charge in [0, 0.05) is 23.7 Å². The topological polar surface area (TPSA) is 30.9 Å². The normalized spacial score (nSPS) is 14.2. The number of ether oxygens (including phenoxy) is 3. The Bertz CT molecular complexity index is 747. The first-order valence-corrected chi connectivity index (χ1v) is 8.89. The molecule has 3 rings (SSSR count). The van der Waals surface area contributed by atoms with Gasteiger partial charge in [-0.05, 0) is 18.2 Å². The van der Waals surface area contributed by atoms with Crippen LogP contribution in [0.5, 0.6) is 11.5 Å². The molecule has 4 nitrogen and oxygen atoms in total. The quantitative estimate of drug-likeness (QED) is 0.737.